The summed E-state index contributed by atoms with van der Waals surface area (Å²) in [5.41, 5.74) is 5.15. The average Bonchev–Trinajstić information content (AvgIpc) is 2.73. The van der Waals surface area contributed by atoms with E-state index in [4.69, 9.17) is 14.9 Å². The number of amides is 1. The quantitative estimate of drug-likeness (QED) is 0.901. The lowest BCUT2D eigenvalue weighted by molar-refractivity contribution is -0.119. The van der Waals surface area contributed by atoms with Crippen molar-refractivity contribution in [2.45, 2.75) is 39.0 Å². The van der Waals surface area contributed by atoms with Crippen molar-refractivity contribution in [1.82, 2.24) is 4.90 Å². The van der Waals surface area contributed by atoms with Crippen molar-refractivity contribution < 1.29 is 13.9 Å². The first-order valence-corrected chi connectivity index (χ1v) is 6.17. The minimum Gasteiger partial charge on any atom is -0.455 e. The van der Waals surface area contributed by atoms with E-state index in [9.17, 15) is 4.79 Å². The zero-order valence-corrected chi connectivity index (χ0v) is 12.3. The van der Waals surface area contributed by atoms with Crippen LogP contribution in [0.15, 0.2) is 16.5 Å². The van der Waals surface area contributed by atoms with Gasteiger partial charge in [0.25, 0.3) is 5.91 Å². The summed E-state index contributed by atoms with van der Waals surface area (Å²) in [5, 5.41) is 0. The number of nitrogens with two attached hydrogens (primary N) is 1. The molecule has 0 saturated carbocycles. The molecule has 19 heavy (non-hydrogen) atoms. The highest BCUT2D eigenvalue weighted by atomic mass is 35.5. The molecule has 0 bridgehead atoms. The van der Waals surface area contributed by atoms with Crippen molar-refractivity contribution in [3.8, 4) is 0 Å². The second kappa shape index (κ2) is 5.94. The van der Waals surface area contributed by atoms with Crippen LogP contribution >= 0.6 is 12.4 Å². The van der Waals surface area contributed by atoms with Gasteiger partial charge in [-0.05, 0) is 32.9 Å². The van der Waals surface area contributed by atoms with Crippen LogP contribution in [0.2, 0.25) is 0 Å². The Kier molecular flexibility index (Phi) is 5.01. The third-order valence-corrected chi connectivity index (χ3v) is 2.93. The molecule has 1 atom stereocenters. The van der Waals surface area contributed by atoms with Crippen molar-refractivity contribution in [2.75, 3.05) is 13.1 Å². The largest absolute Gasteiger partial charge is 0.455 e. The lowest BCUT2D eigenvalue weighted by Gasteiger charge is -2.41. The van der Waals surface area contributed by atoms with Gasteiger partial charge < -0.3 is 19.8 Å². The highest BCUT2D eigenvalue weighted by Gasteiger charge is 2.34. The number of hydrogen-bond donors (Lipinski definition) is 1. The zero-order chi connectivity index (χ0) is 13.3. The van der Waals surface area contributed by atoms with Crippen LogP contribution in [0.4, 0.5) is 0 Å². The fraction of sp³-hybridized carbons (Fsp3) is 0.615. The molecule has 1 aliphatic heterocycles. The van der Waals surface area contributed by atoms with Gasteiger partial charge >= 0.3 is 0 Å². The fourth-order valence-electron chi connectivity index (χ4n) is 2.37. The fourth-order valence-corrected chi connectivity index (χ4v) is 2.37. The summed E-state index contributed by atoms with van der Waals surface area (Å²) < 4.78 is 11.2. The van der Waals surface area contributed by atoms with Crippen molar-refractivity contribution in [3.05, 3.63) is 23.7 Å². The molecule has 1 aromatic rings. The Hall–Kier alpha value is -1.04. The van der Waals surface area contributed by atoms with Gasteiger partial charge in [-0.2, -0.15) is 0 Å². The van der Waals surface area contributed by atoms with Crippen LogP contribution in [-0.4, -0.2) is 35.6 Å². The number of carbonyl (C=O) groups is 1. The number of carbonyl (C=O) groups excluding carboxylic acids is 1. The second-order valence-corrected chi connectivity index (χ2v) is 5.34. The predicted octanol–water partition coefficient (Wildman–Crippen LogP) is 1.80. The van der Waals surface area contributed by atoms with E-state index < -0.39 is 0 Å². The number of morpholine rings is 1. The van der Waals surface area contributed by atoms with Crippen LogP contribution in [0.25, 0.3) is 0 Å². The number of halogens is 1. The first kappa shape index (κ1) is 16.0. The Morgan fingerprint density at radius 1 is 1.53 bits per heavy atom. The van der Waals surface area contributed by atoms with Crippen LogP contribution in [0.1, 0.15) is 37.1 Å². The van der Waals surface area contributed by atoms with Crippen LogP contribution in [0.3, 0.4) is 0 Å². The Balaban J connectivity index is 0.00000180. The first-order valence-electron chi connectivity index (χ1n) is 6.17. The van der Waals surface area contributed by atoms with Crippen molar-refractivity contribution in [3.63, 3.8) is 0 Å². The van der Waals surface area contributed by atoms with Gasteiger partial charge in [0.2, 0.25) is 0 Å². The molecule has 0 radical (unpaired) electrons. The van der Waals surface area contributed by atoms with Crippen LogP contribution in [-0.2, 0) is 11.3 Å². The predicted molar refractivity (Wildman–Crippen MR) is 74.4 cm³/mol. The zero-order valence-electron chi connectivity index (χ0n) is 11.5. The second-order valence-electron chi connectivity index (χ2n) is 5.34. The Bertz CT molecular complexity index is 445. The molecule has 0 aromatic carbocycles. The van der Waals surface area contributed by atoms with Crippen LogP contribution in [0, 0.1) is 0 Å². The highest BCUT2D eigenvalue weighted by molar-refractivity contribution is 5.91. The van der Waals surface area contributed by atoms with E-state index in [1.165, 1.54) is 0 Å². The monoisotopic (exact) mass is 288 g/mol. The normalized spacial score (nSPS) is 21.9. The number of nitrogens with zero attached hydrogens (tertiary/aromatic N) is 1. The van der Waals surface area contributed by atoms with E-state index >= 15 is 0 Å². The summed E-state index contributed by atoms with van der Waals surface area (Å²) in [6.45, 7) is 7.38. The summed E-state index contributed by atoms with van der Waals surface area (Å²) in [6.07, 6.45) is 0.0293. The smallest absolute Gasteiger partial charge is 0.289 e. The Morgan fingerprint density at radius 2 is 2.21 bits per heavy atom. The molecule has 1 fully saturated rings. The maximum absolute atomic E-state index is 12.3. The average molecular weight is 289 g/mol. The lowest BCUT2D eigenvalue weighted by Crippen LogP contribution is -2.53. The molecule has 5 nitrogen and oxygen atoms in total. The van der Waals surface area contributed by atoms with Gasteiger partial charge in [-0.25, -0.2) is 0 Å². The molecule has 0 aliphatic carbocycles. The Labute approximate surface area is 119 Å². The SMILES string of the molecule is CC1CN(C(=O)c2ccc(CN)o2)CC(C)(C)O1.Cl. The maximum Gasteiger partial charge on any atom is 0.289 e. The Morgan fingerprint density at radius 3 is 2.74 bits per heavy atom. The van der Waals surface area contributed by atoms with Gasteiger partial charge in [0, 0.05) is 13.1 Å². The number of hydrogen-bond acceptors (Lipinski definition) is 4. The molecule has 1 unspecified atom stereocenters. The van der Waals surface area contributed by atoms with Gasteiger partial charge in [0.05, 0.1) is 18.2 Å². The van der Waals surface area contributed by atoms with Gasteiger partial charge in [-0.1, -0.05) is 0 Å². The van der Waals surface area contributed by atoms with Crippen molar-refractivity contribution >= 4 is 18.3 Å². The number of rotatable bonds is 2. The molecule has 1 amide bonds. The summed E-state index contributed by atoms with van der Waals surface area (Å²) >= 11 is 0. The molecular formula is C13H21ClN2O3. The van der Waals surface area contributed by atoms with E-state index in [1.807, 2.05) is 20.8 Å². The number of ether oxygens (including phenoxy) is 1. The van der Waals surface area contributed by atoms with E-state index in [1.54, 1.807) is 17.0 Å². The molecule has 6 heteroatoms. The van der Waals surface area contributed by atoms with Gasteiger partial charge in [0.1, 0.15) is 5.76 Å². The third-order valence-electron chi connectivity index (χ3n) is 2.93. The van der Waals surface area contributed by atoms with Crippen LogP contribution in [0.5, 0.6) is 0 Å². The van der Waals surface area contributed by atoms with E-state index in [-0.39, 0.29) is 30.0 Å². The van der Waals surface area contributed by atoms with Gasteiger partial charge in [-0.3, -0.25) is 4.79 Å². The maximum atomic E-state index is 12.3. The first-order chi connectivity index (χ1) is 8.41. The summed E-state index contributed by atoms with van der Waals surface area (Å²) in [7, 11) is 0. The molecule has 0 spiro atoms. The van der Waals surface area contributed by atoms with Gasteiger partial charge in [0.15, 0.2) is 5.76 Å². The highest BCUT2D eigenvalue weighted by Crippen LogP contribution is 2.22. The summed E-state index contributed by atoms with van der Waals surface area (Å²) in [6, 6.07) is 3.42. The molecular weight excluding hydrogens is 268 g/mol. The van der Waals surface area contributed by atoms with Crippen molar-refractivity contribution in [2.24, 2.45) is 5.73 Å². The number of furan rings is 1. The molecule has 2 heterocycles. The van der Waals surface area contributed by atoms with Gasteiger partial charge in [-0.15, -0.1) is 12.4 Å². The molecule has 2 rings (SSSR count). The molecule has 108 valence electrons. The summed E-state index contributed by atoms with van der Waals surface area (Å²) in [5.74, 6) is 0.872. The van der Waals surface area contributed by atoms with Crippen LogP contribution < -0.4 is 5.73 Å². The van der Waals surface area contributed by atoms with Crippen molar-refractivity contribution in [1.29, 1.82) is 0 Å². The summed E-state index contributed by atoms with van der Waals surface area (Å²) in [4.78, 5) is 14.1. The minimum atomic E-state index is -0.323. The minimum absolute atomic E-state index is 0. The molecule has 1 aromatic heterocycles. The van der Waals surface area contributed by atoms with E-state index in [0.29, 0.717) is 31.2 Å². The van der Waals surface area contributed by atoms with E-state index in [0.717, 1.165) is 0 Å². The topological polar surface area (TPSA) is 68.7 Å². The molecule has 1 saturated heterocycles. The van der Waals surface area contributed by atoms with E-state index in [2.05, 4.69) is 0 Å². The third kappa shape index (κ3) is 3.72. The molecule has 1 aliphatic rings. The standard InChI is InChI=1S/C13H20N2O3.ClH/c1-9-7-15(8-13(2,3)18-9)12(16)11-5-4-10(6-14)17-11;/h4-5,9H,6-8,14H2,1-3H3;1H. The molecule has 2 N–H and O–H groups in total. The lowest BCUT2D eigenvalue weighted by atomic mass is 10.1.